The van der Waals surface area contributed by atoms with Gasteiger partial charge in [-0.1, -0.05) is 30.8 Å². The fourth-order valence-corrected chi connectivity index (χ4v) is 5.38. The Morgan fingerprint density at radius 1 is 1.16 bits per heavy atom. The SMILES string of the molecule is CCCC(=O)Nc1ccc(C(=O)[C@@H](C)OC(=O)[C@@]23CCC(=O)N2c2ccccc2S3)cc1. The van der Waals surface area contributed by atoms with Crippen LogP contribution in [0.1, 0.15) is 49.9 Å². The number of thioether (sulfide) groups is 1. The number of fused-ring (bicyclic) bond motifs is 3. The van der Waals surface area contributed by atoms with Gasteiger partial charge in [0.15, 0.2) is 11.0 Å². The van der Waals surface area contributed by atoms with Crippen LogP contribution in [0.4, 0.5) is 11.4 Å². The van der Waals surface area contributed by atoms with Crippen LogP contribution in [0.15, 0.2) is 53.4 Å². The maximum absolute atomic E-state index is 13.2. The van der Waals surface area contributed by atoms with Crippen LogP contribution in [0, 0.1) is 0 Å². The van der Waals surface area contributed by atoms with Crippen molar-refractivity contribution in [2.24, 2.45) is 0 Å². The molecular formula is C24H24N2O5S. The van der Waals surface area contributed by atoms with Crippen molar-refractivity contribution in [2.75, 3.05) is 10.2 Å². The van der Waals surface area contributed by atoms with Crippen molar-refractivity contribution in [2.45, 2.75) is 55.4 Å². The number of hydrogen-bond acceptors (Lipinski definition) is 6. The molecule has 1 saturated heterocycles. The van der Waals surface area contributed by atoms with E-state index >= 15 is 0 Å². The zero-order valence-corrected chi connectivity index (χ0v) is 18.7. The van der Waals surface area contributed by atoms with E-state index in [-0.39, 0.29) is 24.0 Å². The zero-order valence-electron chi connectivity index (χ0n) is 17.9. The Labute approximate surface area is 190 Å². The van der Waals surface area contributed by atoms with Crippen LogP contribution < -0.4 is 10.2 Å². The van der Waals surface area contributed by atoms with E-state index in [0.29, 0.717) is 29.8 Å². The summed E-state index contributed by atoms with van der Waals surface area (Å²) in [6.45, 7) is 3.45. The zero-order chi connectivity index (χ0) is 22.9. The molecule has 1 N–H and O–H groups in total. The van der Waals surface area contributed by atoms with E-state index in [1.807, 2.05) is 31.2 Å². The van der Waals surface area contributed by atoms with Crippen molar-refractivity contribution < 1.29 is 23.9 Å². The first-order valence-corrected chi connectivity index (χ1v) is 11.4. The lowest BCUT2D eigenvalue weighted by atomic mass is 10.1. The first-order valence-electron chi connectivity index (χ1n) is 10.6. The molecule has 0 aliphatic carbocycles. The van der Waals surface area contributed by atoms with Gasteiger partial charge in [0.1, 0.15) is 0 Å². The summed E-state index contributed by atoms with van der Waals surface area (Å²) in [5, 5.41) is 2.77. The third kappa shape index (κ3) is 3.90. The van der Waals surface area contributed by atoms with E-state index in [2.05, 4.69) is 5.32 Å². The summed E-state index contributed by atoms with van der Waals surface area (Å²) >= 11 is 1.31. The highest BCUT2D eigenvalue weighted by Crippen LogP contribution is 2.56. The summed E-state index contributed by atoms with van der Waals surface area (Å²) < 4.78 is 5.59. The van der Waals surface area contributed by atoms with Gasteiger partial charge >= 0.3 is 5.97 Å². The van der Waals surface area contributed by atoms with Crippen molar-refractivity contribution >= 4 is 46.7 Å². The Bertz CT molecular complexity index is 1080. The Kier molecular flexibility index (Phi) is 6.06. The maximum atomic E-state index is 13.2. The number of esters is 1. The van der Waals surface area contributed by atoms with E-state index in [4.69, 9.17) is 4.74 Å². The molecule has 32 heavy (non-hydrogen) atoms. The van der Waals surface area contributed by atoms with Gasteiger partial charge in [0.25, 0.3) is 0 Å². The topological polar surface area (TPSA) is 92.8 Å². The van der Waals surface area contributed by atoms with Crippen LogP contribution in [0.2, 0.25) is 0 Å². The quantitative estimate of drug-likeness (QED) is 0.501. The van der Waals surface area contributed by atoms with Crippen LogP contribution in [0.3, 0.4) is 0 Å². The second-order valence-electron chi connectivity index (χ2n) is 7.87. The predicted octanol–water partition coefficient (Wildman–Crippen LogP) is 4.17. The lowest BCUT2D eigenvalue weighted by Crippen LogP contribution is -2.49. The molecule has 0 aromatic heterocycles. The first kappa shape index (κ1) is 22.1. The van der Waals surface area contributed by atoms with E-state index in [0.717, 1.165) is 11.3 Å². The van der Waals surface area contributed by atoms with E-state index in [1.165, 1.54) is 23.6 Å². The molecule has 2 atom stereocenters. The number of amides is 2. The summed E-state index contributed by atoms with van der Waals surface area (Å²) in [7, 11) is 0. The third-order valence-corrected chi connectivity index (χ3v) is 7.03. The molecule has 4 rings (SSSR count). The summed E-state index contributed by atoms with van der Waals surface area (Å²) in [4.78, 5) is 51.5. The van der Waals surface area contributed by atoms with Gasteiger partial charge in [-0.05, 0) is 49.7 Å². The van der Waals surface area contributed by atoms with Crippen LogP contribution in [-0.4, -0.2) is 34.5 Å². The summed E-state index contributed by atoms with van der Waals surface area (Å²) in [5.74, 6) is -1.15. The van der Waals surface area contributed by atoms with E-state index in [1.54, 1.807) is 24.3 Å². The van der Waals surface area contributed by atoms with Crippen molar-refractivity contribution in [3.8, 4) is 0 Å². The first-order chi connectivity index (χ1) is 15.4. The molecule has 0 saturated carbocycles. The number of carbonyl (C=O) groups excluding carboxylic acids is 4. The number of carbonyl (C=O) groups is 4. The van der Waals surface area contributed by atoms with Crippen molar-refractivity contribution in [3.63, 3.8) is 0 Å². The van der Waals surface area contributed by atoms with Crippen LogP contribution in [0.5, 0.6) is 0 Å². The molecule has 0 unspecified atom stereocenters. The average molecular weight is 453 g/mol. The number of benzene rings is 2. The highest BCUT2D eigenvalue weighted by molar-refractivity contribution is 8.02. The fourth-order valence-electron chi connectivity index (χ4n) is 3.98. The molecule has 2 heterocycles. The van der Waals surface area contributed by atoms with Gasteiger partial charge in [0, 0.05) is 35.4 Å². The molecule has 2 aliphatic rings. The smallest absolute Gasteiger partial charge is 0.344 e. The Morgan fingerprint density at radius 2 is 1.88 bits per heavy atom. The molecule has 7 nitrogen and oxygen atoms in total. The lowest BCUT2D eigenvalue weighted by Gasteiger charge is -2.29. The van der Waals surface area contributed by atoms with Gasteiger partial charge in [-0.2, -0.15) is 0 Å². The van der Waals surface area contributed by atoms with Crippen molar-refractivity contribution in [3.05, 3.63) is 54.1 Å². The summed E-state index contributed by atoms with van der Waals surface area (Å²) in [6, 6.07) is 13.9. The van der Waals surface area contributed by atoms with E-state index < -0.39 is 16.9 Å². The number of ether oxygens (including phenoxy) is 1. The number of ketones is 1. The number of para-hydroxylation sites is 1. The Morgan fingerprint density at radius 3 is 2.59 bits per heavy atom. The Balaban J connectivity index is 1.45. The highest BCUT2D eigenvalue weighted by Gasteiger charge is 2.58. The van der Waals surface area contributed by atoms with Crippen LogP contribution in [-0.2, 0) is 19.1 Å². The van der Waals surface area contributed by atoms with Gasteiger partial charge < -0.3 is 10.1 Å². The minimum atomic E-state index is -1.16. The van der Waals surface area contributed by atoms with Gasteiger partial charge in [-0.25, -0.2) is 4.79 Å². The molecular weight excluding hydrogens is 428 g/mol. The number of Topliss-reactive ketones (excluding diaryl/α,β-unsaturated/α-hetero) is 1. The van der Waals surface area contributed by atoms with Crippen LogP contribution >= 0.6 is 11.8 Å². The summed E-state index contributed by atoms with van der Waals surface area (Å²) in [5.41, 5.74) is 1.68. The minimum Gasteiger partial charge on any atom is -0.452 e. The molecule has 0 bridgehead atoms. The number of rotatable bonds is 7. The van der Waals surface area contributed by atoms with Crippen LogP contribution in [0.25, 0.3) is 0 Å². The number of nitrogens with zero attached hydrogens (tertiary/aromatic N) is 1. The van der Waals surface area contributed by atoms with Crippen molar-refractivity contribution in [1.82, 2.24) is 0 Å². The molecule has 8 heteroatoms. The minimum absolute atomic E-state index is 0.0844. The standard InChI is InChI=1S/C24H24N2O5S/c1-3-6-20(27)25-17-11-9-16(10-12-17)22(29)15(2)31-23(30)24-14-13-21(28)26(24)18-7-4-5-8-19(18)32-24/h4-5,7-12,15H,3,6,13-14H2,1-2H3,(H,25,27)/t15-,24+/m1/s1. The molecule has 2 aromatic carbocycles. The number of hydrogen-bond donors (Lipinski definition) is 1. The lowest BCUT2D eigenvalue weighted by molar-refractivity contribution is -0.149. The molecule has 2 aliphatic heterocycles. The molecule has 166 valence electrons. The van der Waals surface area contributed by atoms with E-state index in [9.17, 15) is 19.2 Å². The van der Waals surface area contributed by atoms with Gasteiger partial charge in [0.2, 0.25) is 17.6 Å². The second-order valence-corrected chi connectivity index (χ2v) is 9.19. The molecule has 0 spiro atoms. The molecule has 0 radical (unpaired) electrons. The molecule has 2 amide bonds. The largest absolute Gasteiger partial charge is 0.452 e. The number of nitrogens with one attached hydrogen (secondary N) is 1. The van der Waals surface area contributed by atoms with Crippen molar-refractivity contribution in [1.29, 1.82) is 0 Å². The maximum Gasteiger partial charge on any atom is 0.344 e. The fraction of sp³-hybridized carbons (Fsp3) is 0.333. The van der Waals surface area contributed by atoms with Gasteiger partial charge in [0.05, 0.1) is 5.69 Å². The monoisotopic (exact) mass is 452 g/mol. The van der Waals surface area contributed by atoms with Gasteiger partial charge in [-0.15, -0.1) is 0 Å². The molecule has 2 aromatic rings. The number of anilines is 2. The highest BCUT2D eigenvalue weighted by atomic mass is 32.2. The normalized spacial score (nSPS) is 19.8. The van der Waals surface area contributed by atoms with Gasteiger partial charge in [-0.3, -0.25) is 19.3 Å². The average Bonchev–Trinajstić information content (AvgIpc) is 3.29. The summed E-state index contributed by atoms with van der Waals surface area (Å²) in [6.07, 6.45) is 0.746. The third-order valence-electron chi connectivity index (χ3n) is 5.58. The second kappa shape index (κ2) is 8.78. The predicted molar refractivity (Wildman–Crippen MR) is 122 cm³/mol. The Hall–Kier alpha value is -3.13. The molecule has 1 fully saturated rings.